The van der Waals surface area contributed by atoms with Crippen molar-refractivity contribution < 1.29 is 0 Å². The molecule has 2 nitrogen and oxygen atoms in total. The average Bonchev–Trinajstić information content (AvgIpc) is 2.42. The number of aromatic nitrogens is 1. The first-order valence-electron chi connectivity index (χ1n) is 6.97. The summed E-state index contributed by atoms with van der Waals surface area (Å²) in [4.78, 5) is 4.05. The first kappa shape index (κ1) is 13.8. The largest absolute Gasteiger partial charge is 0.330 e. The Morgan fingerprint density at radius 1 is 1.56 bits per heavy atom. The molecule has 3 heteroatoms. The SMILES string of the molecule is CCC1CCCC(CN)(Cc2ccncc2Cl)C1. The molecule has 0 aromatic carbocycles. The third-order valence-corrected chi connectivity index (χ3v) is 4.81. The predicted octanol–water partition coefficient (Wildman–Crippen LogP) is 3.82. The van der Waals surface area contributed by atoms with Crippen molar-refractivity contribution in [2.75, 3.05) is 6.54 Å². The summed E-state index contributed by atoms with van der Waals surface area (Å²) in [6, 6.07) is 2.04. The van der Waals surface area contributed by atoms with Gasteiger partial charge in [-0.3, -0.25) is 4.98 Å². The highest BCUT2D eigenvalue weighted by atomic mass is 35.5. The minimum Gasteiger partial charge on any atom is -0.330 e. The van der Waals surface area contributed by atoms with E-state index in [1.807, 2.05) is 12.3 Å². The van der Waals surface area contributed by atoms with E-state index < -0.39 is 0 Å². The minimum atomic E-state index is 0.254. The van der Waals surface area contributed by atoms with E-state index in [0.29, 0.717) is 0 Å². The fourth-order valence-electron chi connectivity index (χ4n) is 3.30. The van der Waals surface area contributed by atoms with Gasteiger partial charge in [-0.25, -0.2) is 0 Å². The Labute approximate surface area is 115 Å². The van der Waals surface area contributed by atoms with Crippen LogP contribution < -0.4 is 5.73 Å². The van der Waals surface area contributed by atoms with E-state index >= 15 is 0 Å². The van der Waals surface area contributed by atoms with Crippen LogP contribution in [0.25, 0.3) is 0 Å². The van der Waals surface area contributed by atoms with E-state index in [0.717, 1.165) is 23.9 Å². The normalized spacial score (nSPS) is 28.3. The van der Waals surface area contributed by atoms with Crippen molar-refractivity contribution in [1.29, 1.82) is 0 Å². The smallest absolute Gasteiger partial charge is 0.0621 e. The van der Waals surface area contributed by atoms with Crippen molar-refractivity contribution in [2.45, 2.75) is 45.4 Å². The molecule has 0 amide bonds. The Bertz CT molecular complexity index is 394. The van der Waals surface area contributed by atoms with Gasteiger partial charge in [0.1, 0.15) is 0 Å². The van der Waals surface area contributed by atoms with E-state index in [2.05, 4.69) is 11.9 Å². The number of rotatable bonds is 4. The molecule has 2 unspecified atom stereocenters. The van der Waals surface area contributed by atoms with Crippen LogP contribution >= 0.6 is 11.6 Å². The Kier molecular flexibility index (Phi) is 4.63. The van der Waals surface area contributed by atoms with Crippen LogP contribution in [0.4, 0.5) is 0 Å². The molecule has 1 heterocycles. The van der Waals surface area contributed by atoms with Gasteiger partial charge in [0, 0.05) is 12.4 Å². The van der Waals surface area contributed by atoms with Gasteiger partial charge >= 0.3 is 0 Å². The Morgan fingerprint density at radius 3 is 3.06 bits per heavy atom. The third-order valence-electron chi connectivity index (χ3n) is 4.47. The van der Waals surface area contributed by atoms with Crippen LogP contribution in [-0.2, 0) is 6.42 Å². The molecule has 2 rings (SSSR count). The zero-order valence-corrected chi connectivity index (χ0v) is 11.9. The van der Waals surface area contributed by atoms with Gasteiger partial charge in [-0.15, -0.1) is 0 Å². The fourth-order valence-corrected chi connectivity index (χ4v) is 3.49. The molecular formula is C15H23ClN2. The monoisotopic (exact) mass is 266 g/mol. The number of hydrogen-bond acceptors (Lipinski definition) is 2. The zero-order valence-electron chi connectivity index (χ0n) is 11.2. The molecule has 2 atom stereocenters. The van der Waals surface area contributed by atoms with Gasteiger partial charge in [0.2, 0.25) is 0 Å². The number of pyridine rings is 1. The molecule has 18 heavy (non-hydrogen) atoms. The van der Waals surface area contributed by atoms with Crippen LogP contribution in [0.5, 0.6) is 0 Å². The van der Waals surface area contributed by atoms with Gasteiger partial charge < -0.3 is 5.73 Å². The van der Waals surface area contributed by atoms with Crippen LogP contribution in [0.3, 0.4) is 0 Å². The molecule has 0 spiro atoms. The van der Waals surface area contributed by atoms with Crippen LogP contribution in [0.15, 0.2) is 18.5 Å². The molecule has 1 aromatic rings. The maximum Gasteiger partial charge on any atom is 0.0621 e. The molecule has 1 aliphatic carbocycles. The molecule has 2 N–H and O–H groups in total. The lowest BCUT2D eigenvalue weighted by atomic mass is 9.66. The number of halogens is 1. The van der Waals surface area contributed by atoms with Crippen LogP contribution in [0.2, 0.25) is 5.02 Å². The average molecular weight is 267 g/mol. The molecule has 0 saturated heterocycles. The fraction of sp³-hybridized carbons (Fsp3) is 0.667. The zero-order chi connectivity index (χ0) is 13.0. The van der Waals surface area contributed by atoms with E-state index in [1.165, 1.54) is 37.7 Å². The van der Waals surface area contributed by atoms with E-state index in [1.54, 1.807) is 6.20 Å². The van der Waals surface area contributed by atoms with E-state index in [-0.39, 0.29) is 5.41 Å². The summed E-state index contributed by atoms with van der Waals surface area (Å²) >= 11 is 6.23. The summed E-state index contributed by atoms with van der Waals surface area (Å²) in [5, 5.41) is 0.781. The van der Waals surface area contributed by atoms with Crippen molar-refractivity contribution in [3.05, 3.63) is 29.0 Å². The lowest BCUT2D eigenvalue weighted by Gasteiger charge is -2.40. The molecule has 1 aliphatic rings. The standard InChI is InChI=1S/C15H23ClN2/c1-2-12-4-3-6-15(8-12,11-17)9-13-5-7-18-10-14(13)16/h5,7,10,12H,2-4,6,8-9,11,17H2,1H3. The van der Waals surface area contributed by atoms with Gasteiger partial charge in [0.15, 0.2) is 0 Å². The quantitative estimate of drug-likeness (QED) is 0.900. The van der Waals surface area contributed by atoms with E-state index in [4.69, 9.17) is 17.3 Å². The van der Waals surface area contributed by atoms with Crippen molar-refractivity contribution in [3.63, 3.8) is 0 Å². The number of nitrogens with two attached hydrogens (primary N) is 1. The third kappa shape index (κ3) is 3.04. The highest BCUT2D eigenvalue weighted by Crippen LogP contribution is 2.43. The van der Waals surface area contributed by atoms with E-state index in [9.17, 15) is 0 Å². The summed E-state index contributed by atoms with van der Waals surface area (Å²) in [5.74, 6) is 0.836. The second kappa shape index (κ2) is 6.03. The lowest BCUT2D eigenvalue weighted by Crippen LogP contribution is -2.37. The van der Waals surface area contributed by atoms with Crippen molar-refractivity contribution in [2.24, 2.45) is 17.1 Å². The summed E-state index contributed by atoms with van der Waals surface area (Å²) in [6.07, 6.45) is 11.0. The Hall–Kier alpha value is -0.600. The topological polar surface area (TPSA) is 38.9 Å². The molecule has 0 aliphatic heterocycles. The molecular weight excluding hydrogens is 244 g/mol. The van der Waals surface area contributed by atoms with Crippen LogP contribution in [0, 0.1) is 11.3 Å². The van der Waals surface area contributed by atoms with Gasteiger partial charge in [-0.1, -0.05) is 37.8 Å². The Balaban J connectivity index is 2.15. The maximum atomic E-state index is 6.23. The van der Waals surface area contributed by atoms with Gasteiger partial charge in [0.05, 0.1) is 5.02 Å². The first-order chi connectivity index (χ1) is 8.69. The second-order valence-corrected chi connectivity index (χ2v) is 6.13. The summed E-state index contributed by atoms with van der Waals surface area (Å²) in [6.45, 7) is 3.05. The lowest BCUT2D eigenvalue weighted by molar-refractivity contribution is 0.142. The molecule has 0 radical (unpaired) electrons. The van der Waals surface area contributed by atoms with Crippen LogP contribution in [0.1, 0.15) is 44.6 Å². The summed E-state index contributed by atoms with van der Waals surface area (Å²) < 4.78 is 0. The molecule has 1 fully saturated rings. The predicted molar refractivity (Wildman–Crippen MR) is 76.7 cm³/mol. The molecule has 1 aromatic heterocycles. The second-order valence-electron chi connectivity index (χ2n) is 5.72. The summed E-state index contributed by atoms with van der Waals surface area (Å²) in [5.41, 5.74) is 7.55. The van der Waals surface area contributed by atoms with Gasteiger partial charge in [-0.2, -0.15) is 0 Å². The minimum absolute atomic E-state index is 0.254. The van der Waals surface area contributed by atoms with Gasteiger partial charge in [0.25, 0.3) is 0 Å². The van der Waals surface area contributed by atoms with Gasteiger partial charge in [-0.05, 0) is 48.8 Å². The van der Waals surface area contributed by atoms with Crippen molar-refractivity contribution in [1.82, 2.24) is 4.98 Å². The highest BCUT2D eigenvalue weighted by molar-refractivity contribution is 6.31. The maximum absolute atomic E-state index is 6.23. The van der Waals surface area contributed by atoms with Crippen LogP contribution in [-0.4, -0.2) is 11.5 Å². The van der Waals surface area contributed by atoms with Crippen molar-refractivity contribution >= 4 is 11.6 Å². The van der Waals surface area contributed by atoms with Crippen molar-refractivity contribution in [3.8, 4) is 0 Å². The summed E-state index contributed by atoms with van der Waals surface area (Å²) in [7, 11) is 0. The highest BCUT2D eigenvalue weighted by Gasteiger charge is 2.35. The Morgan fingerprint density at radius 2 is 2.39 bits per heavy atom. The number of nitrogens with zero attached hydrogens (tertiary/aromatic N) is 1. The molecule has 0 bridgehead atoms. The molecule has 100 valence electrons. The first-order valence-corrected chi connectivity index (χ1v) is 7.35. The number of hydrogen-bond donors (Lipinski definition) is 1. The molecule has 1 saturated carbocycles.